The molecular weight excluding hydrogens is 348 g/mol. The number of fused-ring (bicyclic) bond motifs is 1. The van der Waals surface area contributed by atoms with Crippen molar-refractivity contribution >= 4 is 45.2 Å². The van der Waals surface area contributed by atoms with Gasteiger partial charge in [0.2, 0.25) is 11.9 Å². The second kappa shape index (κ2) is 7.14. The van der Waals surface area contributed by atoms with Crippen molar-refractivity contribution in [2.24, 2.45) is 5.92 Å². The Morgan fingerprint density at radius 2 is 2.33 bits per heavy atom. The molecule has 126 valence electrons. The predicted molar refractivity (Wildman–Crippen MR) is 94.5 cm³/mol. The highest BCUT2D eigenvalue weighted by Gasteiger charge is 2.15. The van der Waals surface area contributed by atoms with Gasteiger partial charge in [0.1, 0.15) is 11.0 Å². The molecule has 0 aliphatic heterocycles. The lowest BCUT2D eigenvalue weighted by molar-refractivity contribution is -0.113. The van der Waals surface area contributed by atoms with Gasteiger partial charge in [-0.2, -0.15) is 10.1 Å². The van der Waals surface area contributed by atoms with E-state index in [4.69, 9.17) is 0 Å². The molecule has 0 saturated heterocycles. The minimum absolute atomic E-state index is 0.0538. The van der Waals surface area contributed by atoms with Crippen molar-refractivity contribution in [1.29, 1.82) is 0 Å². The summed E-state index contributed by atoms with van der Waals surface area (Å²) < 4.78 is 2.29. The largest absolute Gasteiger partial charge is 0.294 e. The number of thioether (sulfide) groups is 1. The molecule has 0 radical (unpaired) electrons. The van der Waals surface area contributed by atoms with E-state index in [1.165, 1.54) is 29.4 Å². The Bertz CT molecular complexity index is 900. The molecule has 0 aromatic carbocycles. The second-order valence-corrected chi connectivity index (χ2v) is 7.37. The number of amides is 1. The van der Waals surface area contributed by atoms with Crippen molar-refractivity contribution in [3.05, 3.63) is 28.1 Å². The topological polar surface area (TPSA) is 106 Å². The maximum absolute atomic E-state index is 12.6. The highest BCUT2D eigenvalue weighted by atomic mass is 32.2. The number of aromatic nitrogens is 5. The highest BCUT2D eigenvalue weighted by Crippen LogP contribution is 2.21. The van der Waals surface area contributed by atoms with Gasteiger partial charge in [-0.05, 0) is 17.4 Å². The summed E-state index contributed by atoms with van der Waals surface area (Å²) >= 11 is 2.62. The van der Waals surface area contributed by atoms with Crippen molar-refractivity contribution < 1.29 is 4.79 Å². The van der Waals surface area contributed by atoms with Crippen LogP contribution in [0.25, 0.3) is 10.2 Å². The minimum Gasteiger partial charge on any atom is -0.294 e. The number of carbonyl (C=O) groups excluding carboxylic acids is 1. The number of hydrogen-bond acceptors (Lipinski definition) is 7. The summed E-state index contributed by atoms with van der Waals surface area (Å²) in [6.07, 6.45) is 1.31. The average Bonchev–Trinajstić information content (AvgIpc) is 3.19. The van der Waals surface area contributed by atoms with E-state index >= 15 is 0 Å². The van der Waals surface area contributed by atoms with Crippen molar-refractivity contribution in [3.63, 3.8) is 0 Å². The third kappa shape index (κ3) is 3.65. The van der Waals surface area contributed by atoms with Crippen molar-refractivity contribution in [1.82, 2.24) is 24.7 Å². The molecule has 2 N–H and O–H groups in total. The van der Waals surface area contributed by atoms with E-state index in [2.05, 4.69) is 25.5 Å². The summed E-state index contributed by atoms with van der Waals surface area (Å²) in [5.41, 5.74) is 0.616. The number of nitrogens with one attached hydrogen (secondary N) is 2. The molecule has 0 saturated carbocycles. The van der Waals surface area contributed by atoms with E-state index in [9.17, 15) is 9.59 Å². The number of aromatic amines is 1. The Morgan fingerprint density at radius 3 is 3.04 bits per heavy atom. The molecule has 3 aromatic rings. The predicted octanol–water partition coefficient (Wildman–Crippen LogP) is 1.96. The zero-order chi connectivity index (χ0) is 17.1. The average molecular weight is 364 g/mol. The molecule has 0 spiro atoms. The molecule has 3 aromatic heterocycles. The maximum atomic E-state index is 12.6. The number of nitrogens with zero attached hydrogens (tertiary/aromatic N) is 4. The van der Waals surface area contributed by atoms with Gasteiger partial charge in [-0.15, -0.1) is 11.3 Å². The van der Waals surface area contributed by atoms with Crippen LogP contribution in [0.4, 0.5) is 5.95 Å². The van der Waals surface area contributed by atoms with Crippen molar-refractivity contribution in [2.75, 3.05) is 11.1 Å². The van der Waals surface area contributed by atoms with Crippen molar-refractivity contribution in [2.45, 2.75) is 25.5 Å². The monoisotopic (exact) mass is 364 g/mol. The number of hydrogen-bond donors (Lipinski definition) is 2. The Labute approximate surface area is 145 Å². The van der Waals surface area contributed by atoms with Gasteiger partial charge in [-0.3, -0.25) is 19.5 Å². The first-order valence-electron chi connectivity index (χ1n) is 7.30. The van der Waals surface area contributed by atoms with Crippen LogP contribution in [0.3, 0.4) is 0 Å². The molecule has 1 amide bonds. The first-order valence-corrected chi connectivity index (χ1v) is 9.17. The first kappa shape index (κ1) is 16.7. The summed E-state index contributed by atoms with van der Waals surface area (Å²) in [5, 5.41) is 11.2. The standard InChI is InChI=1S/C14H16N6O2S2/c1-8(2)5-20-12(22)11-9(3-4-23-11)17-14(20)24-6-10(21)18-13-15-7-16-19-13/h3-4,7-8H,5-6H2,1-2H3,(H2,15,16,18,19,21). The van der Waals surface area contributed by atoms with Gasteiger partial charge in [0, 0.05) is 6.54 Å². The zero-order valence-electron chi connectivity index (χ0n) is 13.1. The molecule has 0 unspecified atom stereocenters. The fourth-order valence-electron chi connectivity index (χ4n) is 2.12. The first-order chi connectivity index (χ1) is 11.5. The maximum Gasteiger partial charge on any atom is 0.272 e. The summed E-state index contributed by atoms with van der Waals surface area (Å²) in [4.78, 5) is 33.0. The van der Waals surface area contributed by atoms with E-state index in [0.717, 1.165) is 0 Å². The lowest BCUT2D eigenvalue weighted by atomic mass is 10.2. The third-order valence-corrected chi connectivity index (χ3v) is 4.95. The van der Waals surface area contributed by atoms with Crippen LogP contribution in [0.2, 0.25) is 0 Å². The SMILES string of the molecule is CC(C)Cn1c(SCC(=O)Nc2ncn[nH]2)nc2ccsc2c1=O. The van der Waals surface area contributed by atoms with Gasteiger partial charge < -0.3 is 0 Å². The van der Waals surface area contributed by atoms with E-state index in [1.807, 2.05) is 25.3 Å². The number of rotatable bonds is 6. The van der Waals surface area contributed by atoms with Crippen molar-refractivity contribution in [3.8, 4) is 0 Å². The van der Waals surface area contributed by atoms with E-state index in [-0.39, 0.29) is 17.2 Å². The fraction of sp³-hybridized carbons (Fsp3) is 0.357. The van der Waals surface area contributed by atoms with Crippen LogP contribution in [-0.2, 0) is 11.3 Å². The van der Waals surface area contributed by atoms with Gasteiger partial charge in [-0.1, -0.05) is 25.6 Å². The molecule has 3 heterocycles. The summed E-state index contributed by atoms with van der Waals surface area (Å²) in [5.74, 6) is 0.471. The second-order valence-electron chi connectivity index (χ2n) is 5.51. The Kier molecular flexibility index (Phi) is 4.95. The number of anilines is 1. The smallest absolute Gasteiger partial charge is 0.272 e. The molecule has 0 aliphatic carbocycles. The van der Waals surface area contributed by atoms with Gasteiger partial charge in [0.25, 0.3) is 5.56 Å². The van der Waals surface area contributed by atoms with Crippen LogP contribution in [0.15, 0.2) is 27.7 Å². The van der Waals surface area contributed by atoms with Crippen LogP contribution in [0.5, 0.6) is 0 Å². The lowest BCUT2D eigenvalue weighted by Gasteiger charge is -2.13. The molecule has 3 rings (SSSR count). The summed E-state index contributed by atoms with van der Waals surface area (Å²) in [6.45, 7) is 4.64. The molecule has 0 bridgehead atoms. The van der Waals surface area contributed by atoms with Gasteiger partial charge >= 0.3 is 0 Å². The number of carbonyl (C=O) groups is 1. The summed E-state index contributed by atoms with van der Waals surface area (Å²) in [6, 6.07) is 1.82. The lowest BCUT2D eigenvalue weighted by Crippen LogP contribution is -2.25. The van der Waals surface area contributed by atoms with E-state index in [1.54, 1.807) is 4.57 Å². The minimum atomic E-state index is -0.243. The quantitative estimate of drug-likeness (QED) is 0.512. The molecule has 24 heavy (non-hydrogen) atoms. The zero-order valence-corrected chi connectivity index (χ0v) is 14.8. The van der Waals surface area contributed by atoms with Crippen LogP contribution in [0, 0.1) is 5.92 Å². The van der Waals surface area contributed by atoms with Gasteiger partial charge in [-0.25, -0.2) is 10.1 Å². The molecule has 10 heteroatoms. The molecule has 8 nitrogen and oxygen atoms in total. The van der Waals surface area contributed by atoms with Gasteiger partial charge in [0.15, 0.2) is 5.16 Å². The van der Waals surface area contributed by atoms with E-state index in [0.29, 0.717) is 33.8 Å². The van der Waals surface area contributed by atoms with Gasteiger partial charge in [0.05, 0.1) is 11.3 Å². The van der Waals surface area contributed by atoms with Crippen LogP contribution in [0.1, 0.15) is 13.8 Å². The molecule has 0 fully saturated rings. The third-order valence-electron chi connectivity index (χ3n) is 3.08. The van der Waals surface area contributed by atoms with Crippen LogP contribution < -0.4 is 10.9 Å². The van der Waals surface area contributed by atoms with E-state index < -0.39 is 0 Å². The van der Waals surface area contributed by atoms with Crippen LogP contribution >= 0.6 is 23.1 Å². The highest BCUT2D eigenvalue weighted by molar-refractivity contribution is 7.99. The molecule has 0 aliphatic rings. The normalized spacial score (nSPS) is 11.3. The molecule has 0 atom stereocenters. The summed E-state index contributed by atoms with van der Waals surface area (Å²) in [7, 11) is 0. The Hall–Kier alpha value is -2.20. The fourth-order valence-corrected chi connectivity index (χ4v) is 3.71. The number of H-pyrrole nitrogens is 1. The Morgan fingerprint density at radius 1 is 1.50 bits per heavy atom. The number of thiophene rings is 1. The molecular formula is C14H16N6O2S2. The Balaban J connectivity index is 1.82. The van der Waals surface area contributed by atoms with Crippen LogP contribution in [-0.4, -0.2) is 36.4 Å².